The van der Waals surface area contributed by atoms with E-state index in [9.17, 15) is 14.4 Å². The lowest BCUT2D eigenvalue weighted by molar-refractivity contribution is -0.151. The fourth-order valence-corrected chi connectivity index (χ4v) is 3.26. The molecule has 0 fully saturated rings. The summed E-state index contributed by atoms with van der Waals surface area (Å²) in [6.07, 6.45) is -1.86. The van der Waals surface area contributed by atoms with Gasteiger partial charge in [0.1, 0.15) is 17.1 Å². The number of hydrogen-bond donors (Lipinski definition) is 0. The number of esters is 2. The Morgan fingerprint density at radius 1 is 0.879 bits per heavy atom. The Hall–Kier alpha value is -3.81. The van der Waals surface area contributed by atoms with Crippen molar-refractivity contribution in [2.24, 2.45) is 0 Å². The van der Waals surface area contributed by atoms with Gasteiger partial charge in [-0.15, -0.1) is 0 Å². The van der Waals surface area contributed by atoms with Crippen LogP contribution in [-0.4, -0.2) is 37.4 Å². The van der Waals surface area contributed by atoms with Gasteiger partial charge in [0.25, 0.3) is 0 Å². The second-order valence-electron chi connectivity index (χ2n) is 7.16. The predicted molar refractivity (Wildman–Crippen MR) is 121 cm³/mol. The summed E-state index contributed by atoms with van der Waals surface area (Å²) in [5.41, 5.74) is 0.942. The van der Waals surface area contributed by atoms with Crippen LogP contribution in [-0.2, 0) is 19.1 Å². The van der Waals surface area contributed by atoms with E-state index in [2.05, 4.69) is 0 Å². The van der Waals surface area contributed by atoms with Crippen LogP contribution in [0.2, 0.25) is 0 Å². The highest BCUT2D eigenvalue weighted by Crippen LogP contribution is 2.38. The molecule has 0 aliphatic carbocycles. The van der Waals surface area contributed by atoms with Gasteiger partial charge in [0, 0.05) is 23.8 Å². The van der Waals surface area contributed by atoms with E-state index in [1.54, 1.807) is 33.8 Å². The number of rotatable bonds is 9. The number of ether oxygens (including phenoxy) is 4. The first-order valence-electron chi connectivity index (χ1n) is 10.7. The zero-order chi connectivity index (χ0) is 24.0. The Kier molecular flexibility index (Phi) is 7.71. The number of hydrogen-bond acceptors (Lipinski definition) is 8. The summed E-state index contributed by atoms with van der Waals surface area (Å²) in [6, 6.07) is 13.6. The van der Waals surface area contributed by atoms with Crippen molar-refractivity contribution in [1.29, 1.82) is 0 Å². The summed E-state index contributed by atoms with van der Waals surface area (Å²) in [5.74, 6) is -0.640. The van der Waals surface area contributed by atoms with Gasteiger partial charge in [0.2, 0.25) is 0 Å². The summed E-state index contributed by atoms with van der Waals surface area (Å²) in [4.78, 5) is 36.6. The predicted octanol–water partition coefficient (Wildman–Crippen LogP) is 4.12. The fraction of sp³-hybridized carbons (Fsp3) is 0.320. The van der Waals surface area contributed by atoms with Crippen molar-refractivity contribution in [3.05, 3.63) is 59.0 Å². The van der Waals surface area contributed by atoms with E-state index < -0.39 is 29.8 Å². The SMILES string of the molecule is CCOC(=O)[C@@H](C)Oc1cc(O[C@H](C)C(=O)OCC)c2c(-c3ccccc3)cc(=O)oc2c1. The molecule has 0 saturated carbocycles. The highest BCUT2D eigenvalue weighted by Gasteiger charge is 2.23. The molecule has 0 spiro atoms. The van der Waals surface area contributed by atoms with Crippen molar-refractivity contribution in [3.8, 4) is 22.6 Å². The summed E-state index contributed by atoms with van der Waals surface area (Å²) >= 11 is 0. The number of carbonyl (C=O) groups is 2. The molecule has 3 aromatic rings. The molecule has 8 heteroatoms. The van der Waals surface area contributed by atoms with Crippen LogP contribution in [0.4, 0.5) is 0 Å². The minimum absolute atomic E-state index is 0.181. The lowest BCUT2D eigenvalue weighted by Gasteiger charge is -2.19. The van der Waals surface area contributed by atoms with Gasteiger partial charge in [-0.05, 0) is 33.3 Å². The Balaban J connectivity index is 2.15. The van der Waals surface area contributed by atoms with Gasteiger partial charge in [-0.3, -0.25) is 0 Å². The molecule has 2 aromatic carbocycles. The molecule has 1 aromatic heterocycles. The lowest BCUT2D eigenvalue weighted by Crippen LogP contribution is -2.27. The van der Waals surface area contributed by atoms with E-state index in [4.69, 9.17) is 23.4 Å². The molecule has 0 aliphatic heterocycles. The molecule has 1 heterocycles. The topological polar surface area (TPSA) is 101 Å². The summed E-state index contributed by atoms with van der Waals surface area (Å²) < 4.78 is 27.1. The number of carbonyl (C=O) groups excluding carboxylic acids is 2. The van der Waals surface area contributed by atoms with Gasteiger partial charge in [0.15, 0.2) is 12.2 Å². The highest BCUT2D eigenvalue weighted by molar-refractivity contribution is 5.98. The normalized spacial score (nSPS) is 12.6. The molecule has 0 N–H and O–H groups in total. The third-order valence-electron chi connectivity index (χ3n) is 4.72. The van der Waals surface area contributed by atoms with Crippen molar-refractivity contribution in [2.75, 3.05) is 13.2 Å². The maximum absolute atomic E-state index is 12.3. The second-order valence-corrected chi connectivity index (χ2v) is 7.16. The molecule has 0 saturated heterocycles. The van der Waals surface area contributed by atoms with Crippen molar-refractivity contribution < 1.29 is 33.0 Å². The Morgan fingerprint density at radius 3 is 2.09 bits per heavy atom. The number of benzene rings is 2. The highest BCUT2D eigenvalue weighted by atomic mass is 16.6. The molecule has 33 heavy (non-hydrogen) atoms. The average molecular weight is 454 g/mol. The maximum Gasteiger partial charge on any atom is 0.347 e. The third-order valence-corrected chi connectivity index (χ3v) is 4.72. The van der Waals surface area contributed by atoms with E-state index in [0.717, 1.165) is 5.56 Å². The monoisotopic (exact) mass is 454 g/mol. The Labute approximate surface area is 191 Å². The van der Waals surface area contributed by atoms with Crippen LogP contribution in [0.5, 0.6) is 11.5 Å². The van der Waals surface area contributed by atoms with Crippen molar-refractivity contribution in [2.45, 2.75) is 39.9 Å². The van der Waals surface area contributed by atoms with Crippen LogP contribution in [0.15, 0.2) is 57.7 Å². The first-order chi connectivity index (χ1) is 15.8. The molecule has 8 nitrogen and oxygen atoms in total. The van der Waals surface area contributed by atoms with Crippen LogP contribution < -0.4 is 15.1 Å². The average Bonchev–Trinajstić information content (AvgIpc) is 2.79. The second kappa shape index (κ2) is 10.7. The van der Waals surface area contributed by atoms with E-state index in [-0.39, 0.29) is 30.3 Å². The van der Waals surface area contributed by atoms with Crippen LogP contribution >= 0.6 is 0 Å². The van der Waals surface area contributed by atoms with E-state index in [0.29, 0.717) is 10.9 Å². The molecule has 0 bridgehead atoms. The van der Waals surface area contributed by atoms with Gasteiger partial charge in [-0.25, -0.2) is 14.4 Å². The van der Waals surface area contributed by atoms with Gasteiger partial charge in [0.05, 0.1) is 18.6 Å². The minimum atomic E-state index is -0.943. The zero-order valence-corrected chi connectivity index (χ0v) is 19.0. The van der Waals surface area contributed by atoms with Crippen LogP contribution in [0.3, 0.4) is 0 Å². The van der Waals surface area contributed by atoms with Crippen molar-refractivity contribution in [3.63, 3.8) is 0 Å². The van der Waals surface area contributed by atoms with E-state index in [1.165, 1.54) is 12.1 Å². The number of fused-ring (bicyclic) bond motifs is 1. The molecule has 2 atom stereocenters. The molecule has 0 radical (unpaired) electrons. The molecule has 174 valence electrons. The molecular formula is C25H26O8. The lowest BCUT2D eigenvalue weighted by atomic mass is 10.0. The first kappa shape index (κ1) is 23.8. The van der Waals surface area contributed by atoms with Gasteiger partial charge >= 0.3 is 17.6 Å². The quantitative estimate of drug-likeness (QED) is 0.352. The smallest absolute Gasteiger partial charge is 0.347 e. The molecule has 3 rings (SSSR count). The Bertz CT molecular complexity index is 1180. The molecule has 0 amide bonds. The largest absolute Gasteiger partial charge is 0.479 e. The minimum Gasteiger partial charge on any atom is -0.479 e. The summed E-state index contributed by atoms with van der Waals surface area (Å²) in [7, 11) is 0. The van der Waals surface area contributed by atoms with Crippen LogP contribution in [0, 0.1) is 0 Å². The van der Waals surface area contributed by atoms with E-state index >= 15 is 0 Å². The maximum atomic E-state index is 12.3. The van der Waals surface area contributed by atoms with Crippen LogP contribution in [0.1, 0.15) is 27.7 Å². The standard InChI is InChI=1S/C25H26O8/c1-5-29-24(27)15(3)31-18-12-20(32-16(4)25(28)30-6-2)23-19(17-10-8-7-9-11-17)14-22(26)33-21(23)13-18/h7-16H,5-6H2,1-4H3/t15-,16-/m1/s1. The van der Waals surface area contributed by atoms with Crippen molar-refractivity contribution >= 4 is 22.9 Å². The van der Waals surface area contributed by atoms with Crippen molar-refractivity contribution in [1.82, 2.24) is 0 Å². The zero-order valence-electron chi connectivity index (χ0n) is 19.0. The van der Waals surface area contributed by atoms with Gasteiger partial charge < -0.3 is 23.4 Å². The van der Waals surface area contributed by atoms with Crippen LogP contribution in [0.25, 0.3) is 22.1 Å². The first-order valence-corrected chi connectivity index (χ1v) is 10.7. The summed E-state index contributed by atoms with van der Waals surface area (Å²) in [5, 5.41) is 0.480. The molecule has 0 aliphatic rings. The molecule has 0 unspecified atom stereocenters. The fourth-order valence-electron chi connectivity index (χ4n) is 3.26. The summed E-state index contributed by atoms with van der Waals surface area (Å²) in [6.45, 7) is 6.92. The Morgan fingerprint density at radius 2 is 1.48 bits per heavy atom. The molecular weight excluding hydrogens is 428 g/mol. The van der Waals surface area contributed by atoms with Gasteiger partial charge in [-0.2, -0.15) is 0 Å². The third kappa shape index (κ3) is 5.71. The van der Waals surface area contributed by atoms with E-state index in [1.807, 2.05) is 30.3 Å². The van der Waals surface area contributed by atoms with Gasteiger partial charge in [-0.1, -0.05) is 30.3 Å².